The van der Waals surface area contributed by atoms with E-state index in [1.165, 1.54) is 4.90 Å². The van der Waals surface area contributed by atoms with Crippen LogP contribution >= 0.6 is 0 Å². The summed E-state index contributed by atoms with van der Waals surface area (Å²) in [5.74, 6) is -0.111. The minimum atomic E-state index is -0.0555. The monoisotopic (exact) mass is 257 g/mol. The largest absolute Gasteiger partial charge is 0.307 e. The second-order valence-electron chi connectivity index (χ2n) is 4.74. The third-order valence-corrected chi connectivity index (χ3v) is 3.39. The van der Waals surface area contributed by atoms with Gasteiger partial charge in [0.1, 0.15) is 5.65 Å². The molecular formula is C14H15N3O2. The van der Waals surface area contributed by atoms with Crippen LogP contribution in [0.4, 0.5) is 0 Å². The Kier molecular flexibility index (Phi) is 3.03. The van der Waals surface area contributed by atoms with Gasteiger partial charge in [0.2, 0.25) is 11.8 Å². The molecule has 0 aromatic carbocycles. The lowest BCUT2D eigenvalue weighted by Crippen LogP contribution is -2.41. The quantitative estimate of drug-likeness (QED) is 0.781. The molecule has 1 saturated heterocycles. The van der Waals surface area contributed by atoms with Crippen molar-refractivity contribution in [1.82, 2.24) is 14.3 Å². The van der Waals surface area contributed by atoms with E-state index in [4.69, 9.17) is 0 Å². The molecule has 0 unspecified atom stereocenters. The summed E-state index contributed by atoms with van der Waals surface area (Å²) in [7, 11) is 0. The van der Waals surface area contributed by atoms with Crippen LogP contribution in [0.3, 0.4) is 0 Å². The Balaban J connectivity index is 1.71. The van der Waals surface area contributed by atoms with Crippen molar-refractivity contribution in [3.63, 3.8) is 0 Å². The van der Waals surface area contributed by atoms with Gasteiger partial charge >= 0.3 is 0 Å². The molecule has 2 aromatic heterocycles. The van der Waals surface area contributed by atoms with Crippen LogP contribution in [0.15, 0.2) is 30.6 Å². The number of carbonyl (C=O) groups is 2. The van der Waals surface area contributed by atoms with Crippen LogP contribution in [0.25, 0.3) is 5.65 Å². The number of piperidine rings is 1. The number of hydrogen-bond acceptors (Lipinski definition) is 3. The van der Waals surface area contributed by atoms with E-state index < -0.39 is 0 Å². The second-order valence-corrected chi connectivity index (χ2v) is 4.74. The zero-order valence-corrected chi connectivity index (χ0v) is 10.6. The topological polar surface area (TPSA) is 54.7 Å². The van der Waals surface area contributed by atoms with Gasteiger partial charge in [-0.15, -0.1) is 0 Å². The number of hydrogen-bond donors (Lipinski definition) is 0. The first kappa shape index (κ1) is 11.9. The van der Waals surface area contributed by atoms with Gasteiger partial charge in [-0.25, -0.2) is 4.98 Å². The molecule has 1 aliphatic heterocycles. The van der Waals surface area contributed by atoms with E-state index in [0.29, 0.717) is 32.2 Å². The molecule has 1 aliphatic rings. The Morgan fingerprint density at radius 3 is 2.68 bits per heavy atom. The summed E-state index contributed by atoms with van der Waals surface area (Å²) < 4.78 is 1.94. The number of imidazole rings is 1. The Bertz CT molecular complexity index is 583. The van der Waals surface area contributed by atoms with E-state index in [1.807, 2.05) is 35.0 Å². The molecule has 0 saturated carbocycles. The van der Waals surface area contributed by atoms with Crippen LogP contribution in [0.1, 0.15) is 25.0 Å². The molecule has 5 heteroatoms. The maximum absolute atomic E-state index is 11.7. The average Bonchev–Trinajstić information content (AvgIpc) is 2.81. The summed E-state index contributed by atoms with van der Waals surface area (Å²) in [5.41, 5.74) is 1.78. The van der Waals surface area contributed by atoms with Gasteiger partial charge in [-0.1, -0.05) is 6.07 Å². The molecule has 0 N–H and O–H groups in total. The minimum absolute atomic E-state index is 0.0555. The molecule has 19 heavy (non-hydrogen) atoms. The molecule has 1 fully saturated rings. The maximum atomic E-state index is 11.7. The van der Waals surface area contributed by atoms with Gasteiger partial charge in [-0.3, -0.25) is 14.5 Å². The highest BCUT2D eigenvalue weighted by Crippen LogP contribution is 2.13. The van der Waals surface area contributed by atoms with Crippen LogP contribution in [0.5, 0.6) is 0 Å². The molecule has 0 radical (unpaired) electrons. The molecule has 0 aliphatic carbocycles. The number of fused-ring (bicyclic) bond motifs is 1. The van der Waals surface area contributed by atoms with Crippen molar-refractivity contribution in [3.05, 3.63) is 36.3 Å². The van der Waals surface area contributed by atoms with Gasteiger partial charge in [-0.2, -0.15) is 0 Å². The summed E-state index contributed by atoms with van der Waals surface area (Å²) >= 11 is 0. The first-order chi connectivity index (χ1) is 9.24. The van der Waals surface area contributed by atoms with Crippen molar-refractivity contribution in [3.8, 4) is 0 Å². The van der Waals surface area contributed by atoms with Crippen molar-refractivity contribution in [2.24, 2.45) is 0 Å². The highest BCUT2D eigenvalue weighted by atomic mass is 16.2. The number of imide groups is 1. The Morgan fingerprint density at radius 2 is 1.95 bits per heavy atom. The lowest BCUT2D eigenvalue weighted by Gasteiger charge is -2.24. The minimum Gasteiger partial charge on any atom is -0.307 e. The molecule has 3 rings (SSSR count). The van der Waals surface area contributed by atoms with E-state index in [9.17, 15) is 9.59 Å². The predicted octanol–water partition coefficient (Wildman–Crippen LogP) is 1.42. The van der Waals surface area contributed by atoms with Crippen LogP contribution in [-0.2, 0) is 16.0 Å². The van der Waals surface area contributed by atoms with Crippen molar-refractivity contribution in [2.45, 2.75) is 25.7 Å². The molecule has 0 spiro atoms. The molecule has 3 heterocycles. The number of rotatable bonds is 3. The van der Waals surface area contributed by atoms with Crippen molar-refractivity contribution in [2.75, 3.05) is 6.54 Å². The second kappa shape index (κ2) is 4.84. The van der Waals surface area contributed by atoms with Gasteiger partial charge in [-0.05, 0) is 18.6 Å². The van der Waals surface area contributed by atoms with Gasteiger partial charge in [0.15, 0.2) is 0 Å². The molecule has 0 atom stereocenters. The van der Waals surface area contributed by atoms with Crippen LogP contribution in [0.2, 0.25) is 0 Å². The fourth-order valence-corrected chi connectivity index (χ4v) is 2.38. The van der Waals surface area contributed by atoms with E-state index in [0.717, 1.165) is 11.3 Å². The number of carbonyl (C=O) groups excluding carboxylic acids is 2. The van der Waals surface area contributed by atoms with Gasteiger partial charge in [0, 0.05) is 38.2 Å². The molecule has 0 bridgehead atoms. The lowest BCUT2D eigenvalue weighted by molar-refractivity contribution is -0.147. The number of amides is 2. The molecular weight excluding hydrogens is 242 g/mol. The third-order valence-electron chi connectivity index (χ3n) is 3.39. The Hall–Kier alpha value is -2.17. The van der Waals surface area contributed by atoms with Gasteiger partial charge in [0.25, 0.3) is 0 Å². The van der Waals surface area contributed by atoms with Crippen LogP contribution < -0.4 is 0 Å². The fourth-order valence-electron chi connectivity index (χ4n) is 2.38. The average molecular weight is 257 g/mol. The van der Waals surface area contributed by atoms with E-state index in [2.05, 4.69) is 4.98 Å². The SMILES string of the molecule is O=C1CCCC(=O)N1CCc1cn2ccccc2n1. The Morgan fingerprint density at radius 1 is 1.16 bits per heavy atom. The summed E-state index contributed by atoms with van der Waals surface area (Å²) in [5, 5.41) is 0. The normalized spacial score (nSPS) is 16.3. The molecule has 5 nitrogen and oxygen atoms in total. The smallest absolute Gasteiger partial charge is 0.229 e. The van der Waals surface area contributed by atoms with E-state index in [1.54, 1.807) is 0 Å². The Labute approximate surface area is 110 Å². The van der Waals surface area contributed by atoms with Gasteiger partial charge in [0.05, 0.1) is 5.69 Å². The zero-order valence-electron chi connectivity index (χ0n) is 10.6. The molecule has 2 amide bonds. The molecule has 98 valence electrons. The highest BCUT2D eigenvalue weighted by Gasteiger charge is 2.25. The summed E-state index contributed by atoms with van der Waals surface area (Å²) in [6.07, 6.45) is 6.13. The van der Waals surface area contributed by atoms with Crippen LogP contribution in [-0.4, -0.2) is 32.6 Å². The van der Waals surface area contributed by atoms with E-state index in [-0.39, 0.29) is 11.8 Å². The molecule has 2 aromatic rings. The van der Waals surface area contributed by atoms with Crippen molar-refractivity contribution >= 4 is 17.5 Å². The number of pyridine rings is 1. The van der Waals surface area contributed by atoms with E-state index >= 15 is 0 Å². The first-order valence-corrected chi connectivity index (χ1v) is 6.50. The maximum Gasteiger partial charge on any atom is 0.229 e. The summed E-state index contributed by atoms with van der Waals surface area (Å²) in [4.78, 5) is 29.2. The predicted molar refractivity (Wildman–Crippen MR) is 69.5 cm³/mol. The number of aromatic nitrogens is 2. The standard InChI is InChI=1S/C14H15N3O2/c18-13-5-3-6-14(19)17(13)9-7-11-10-16-8-2-1-4-12(16)15-11/h1-2,4,8,10H,3,5-7,9H2. The van der Waals surface area contributed by atoms with Gasteiger partial charge < -0.3 is 4.40 Å². The summed E-state index contributed by atoms with van der Waals surface area (Å²) in [6.45, 7) is 0.432. The number of nitrogens with zero attached hydrogens (tertiary/aromatic N) is 3. The van der Waals surface area contributed by atoms with Crippen LogP contribution in [0, 0.1) is 0 Å². The summed E-state index contributed by atoms with van der Waals surface area (Å²) in [6, 6.07) is 5.81. The third kappa shape index (κ3) is 2.36. The first-order valence-electron chi connectivity index (χ1n) is 6.50. The lowest BCUT2D eigenvalue weighted by atomic mass is 10.1. The van der Waals surface area contributed by atoms with Crippen molar-refractivity contribution in [1.29, 1.82) is 0 Å². The van der Waals surface area contributed by atoms with Crippen molar-refractivity contribution < 1.29 is 9.59 Å². The highest BCUT2D eigenvalue weighted by molar-refractivity contribution is 5.97. The zero-order chi connectivity index (χ0) is 13.2. The number of likely N-dealkylation sites (tertiary alicyclic amines) is 1. The fraction of sp³-hybridized carbons (Fsp3) is 0.357.